The number of allylic oxidation sites excluding steroid dienone is 3. The Morgan fingerprint density at radius 3 is 2.75 bits per heavy atom. The van der Waals surface area contributed by atoms with Gasteiger partial charge < -0.3 is 10.2 Å². The van der Waals surface area contributed by atoms with Gasteiger partial charge in [0.2, 0.25) is 11.8 Å². The predicted molar refractivity (Wildman–Crippen MR) is 121 cm³/mol. The van der Waals surface area contributed by atoms with E-state index >= 15 is 0 Å². The molecule has 1 aliphatic heterocycles. The summed E-state index contributed by atoms with van der Waals surface area (Å²) in [6.45, 7) is 2.71. The molecule has 164 valence electrons. The molecular formula is C24H23FN4O2S. The van der Waals surface area contributed by atoms with Crippen molar-refractivity contribution < 1.29 is 14.0 Å². The summed E-state index contributed by atoms with van der Waals surface area (Å²) < 4.78 is 14.0. The Balaban J connectivity index is 1.35. The molecule has 1 aromatic carbocycles. The van der Waals surface area contributed by atoms with Crippen LogP contribution >= 0.6 is 11.3 Å². The zero-order valence-electron chi connectivity index (χ0n) is 17.6. The van der Waals surface area contributed by atoms with Crippen molar-refractivity contribution in [2.45, 2.75) is 19.8 Å². The summed E-state index contributed by atoms with van der Waals surface area (Å²) in [6.07, 6.45) is 8.20. The third-order valence-corrected chi connectivity index (χ3v) is 6.90. The second-order valence-electron chi connectivity index (χ2n) is 8.21. The Kier molecular flexibility index (Phi) is 6.19. The molecule has 0 saturated carbocycles. The topological polar surface area (TPSA) is 86.1 Å². The van der Waals surface area contributed by atoms with Crippen LogP contribution in [0.1, 0.15) is 19.8 Å². The third kappa shape index (κ3) is 4.21. The Morgan fingerprint density at radius 2 is 2.03 bits per heavy atom. The third-order valence-electron chi connectivity index (χ3n) is 6.14. The average molecular weight is 451 g/mol. The van der Waals surface area contributed by atoms with Crippen LogP contribution in [-0.4, -0.2) is 34.8 Å². The number of hydrogen-bond acceptors (Lipinski definition) is 5. The molecular weight excluding hydrogens is 427 g/mol. The smallest absolute Gasteiger partial charge is 0.234 e. The van der Waals surface area contributed by atoms with Gasteiger partial charge in [-0.05, 0) is 31.9 Å². The van der Waals surface area contributed by atoms with Crippen LogP contribution in [0.3, 0.4) is 0 Å². The summed E-state index contributed by atoms with van der Waals surface area (Å²) in [5.74, 6) is -1.33. The van der Waals surface area contributed by atoms with Gasteiger partial charge in [-0.3, -0.25) is 9.59 Å². The number of benzene rings is 1. The van der Waals surface area contributed by atoms with E-state index in [0.29, 0.717) is 42.3 Å². The van der Waals surface area contributed by atoms with Crippen LogP contribution in [0.5, 0.6) is 0 Å². The SMILES string of the molecule is CC1(C(=O)N2CCC(C(=O)Nc3nc(-c4ccccc4F)cs3)CC2)C=CC=CC1C#N. The maximum Gasteiger partial charge on any atom is 0.234 e. The molecule has 1 aliphatic carbocycles. The second kappa shape index (κ2) is 9.05. The Bertz CT molecular complexity index is 1130. The number of likely N-dealkylation sites (tertiary alicyclic amines) is 1. The molecule has 2 aliphatic rings. The molecule has 2 aromatic rings. The first-order valence-electron chi connectivity index (χ1n) is 10.5. The summed E-state index contributed by atoms with van der Waals surface area (Å²) in [4.78, 5) is 32.0. The van der Waals surface area contributed by atoms with Crippen molar-refractivity contribution in [2.75, 3.05) is 18.4 Å². The van der Waals surface area contributed by atoms with Crippen molar-refractivity contribution in [3.05, 3.63) is 59.8 Å². The molecule has 2 heterocycles. The first kappa shape index (κ1) is 21.9. The number of rotatable bonds is 4. The zero-order chi connectivity index (χ0) is 22.7. The van der Waals surface area contributed by atoms with Crippen LogP contribution in [0.4, 0.5) is 9.52 Å². The molecule has 0 radical (unpaired) electrons. The number of carbonyl (C=O) groups is 2. The summed E-state index contributed by atoms with van der Waals surface area (Å²) in [7, 11) is 0. The van der Waals surface area contributed by atoms with E-state index in [2.05, 4.69) is 16.4 Å². The summed E-state index contributed by atoms with van der Waals surface area (Å²) in [5, 5.41) is 14.4. The fraction of sp³-hybridized carbons (Fsp3) is 0.333. The number of hydrogen-bond donors (Lipinski definition) is 1. The van der Waals surface area contributed by atoms with Gasteiger partial charge in [-0.2, -0.15) is 5.26 Å². The molecule has 2 unspecified atom stereocenters. The van der Waals surface area contributed by atoms with E-state index in [4.69, 9.17) is 0 Å². The van der Waals surface area contributed by atoms with Crippen LogP contribution in [0.25, 0.3) is 11.3 Å². The molecule has 0 bridgehead atoms. The van der Waals surface area contributed by atoms with Gasteiger partial charge in [-0.25, -0.2) is 9.37 Å². The highest BCUT2D eigenvalue weighted by Crippen LogP contribution is 2.36. The largest absolute Gasteiger partial charge is 0.342 e. The molecule has 8 heteroatoms. The van der Waals surface area contributed by atoms with E-state index < -0.39 is 11.3 Å². The molecule has 4 rings (SSSR count). The minimum atomic E-state index is -0.886. The number of amides is 2. The second-order valence-corrected chi connectivity index (χ2v) is 9.07. The molecule has 6 nitrogen and oxygen atoms in total. The molecule has 1 aromatic heterocycles. The number of aromatic nitrogens is 1. The van der Waals surface area contributed by atoms with Gasteiger partial charge in [-0.1, -0.05) is 36.4 Å². The molecule has 1 fully saturated rings. The number of anilines is 1. The summed E-state index contributed by atoms with van der Waals surface area (Å²) in [6, 6.07) is 8.59. The number of carbonyl (C=O) groups excluding carboxylic acids is 2. The fourth-order valence-electron chi connectivity index (χ4n) is 4.13. The highest BCUT2D eigenvalue weighted by atomic mass is 32.1. The van der Waals surface area contributed by atoms with Crippen LogP contribution < -0.4 is 5.32 Å². The van der Waals surface area contributed by atoms with Crippen LogP contribution in [-0.2, 0) is 9.59 Å². The fourth-order valence-corrected chi connectivity index (χ4v) is 4.85. The molecule has 32 heavy (non-hydrogen) atoms. The highest BCUT2D eigenvalue weighted by molar-refractivity contribution is 7.14. The van der Waals surface area contributed by atoms with E-state index in [-0.39, 0.29) is 23.5 Å². The van der Waals surface area contributed by atoms with E-state index in [1.165, 1.54) is 17.4 Å². The minimum absolute atomic E-state index is 0.0852. The standard InChI is InChI=1S/C24H23FN4O2S/c1-24(11-5-4-6-17(24)14-26)22(31)29-12-9-16(10-13-29)21(30)28-23-27-20(15-32-23)18-7-2-3-8-19(18)25/h2-8,11,15-17H,9-10,12-13H2,1H3,(H,27,28,30). The predicted octanol–water partition coefficient (Wildman–Crippen LogP) is 4.40. The molecule has 2 atom stereocenters. The van der Waals surface area contributed by atoms with Gasteiger partial charge in [0.15, 0.2) is 5.13 Å². The van der Waals surface area contributed by atoms with Crippen molar-refractivity contribution in [3.8, 4) is 17.3 Å². The lowest BCUT2D eigenvalue weighted by Crippen LogP contribution is -2.49. The van der Waals surface area contributed by atoms with Crippen LogP contribution in [0, 0.1) is 34.4 Å². The van der Waals surface area contributed by atoms with Crippen molar-refractivity contribution >= 4 is 28.3 Å². The number of nitrogens with one attached hydrogen (secondary N) is 1. The number of piperidine rings is 1. The summed E-state index contributed by atoms with van der Waals surface area (Å²) >= 11 is 1.25. The Hall–Kier alpha value is -3.31. The van der Waals surface area contributed by atoms with Gasteiger partial charge in [0.1, 0.15) is 5.82 Å². The lowest BCUT2D eigenvalue weighted by Gasteiger charge is -2.38. The van der Waals surface area contributed by atoms with E-state index in [9.17, 15) is 19.2 Å². The molecule has 0 spiro atoms. The van der Waals surface area contributed by atoms with Crippen molar-refractivity contribution in [2.24, 2.45) is 17.3 Å². The lowest BCUT2D eigenvalue weighted by atomic mass is 9.73. The van der Waals surface area contributed by atoms with Crippen molar-refractivity contribution in [1.82, 2.24) is 9.88 Å². The lowest BCUT2D eigenvalue weighted by molar-refractivity contribution is -0.142. The van der Waals surface area contributed by atoms with Crippen molar-refractivity contribution in [1.29, 1.82) is 5.26 Å². The number of nitrogens with zero attached hydrogens (tertiary/aromatic N) is 3. The average Bonchev–Trinajstić information content (AvgIpc) is 3.27. The van der Waals surface area contributed by atoms with E-state index in [0.717, 1.165) is 0 Å². The van der Waals surface area contributed by atoms with E-state index in [1.54, 1.807) is 59.7 Å². The van der Waals surface area contributed by atoms with Crippen LogP contribution in [0.2, 0.25) is 0 Å². The van der Waals surface area contributed by atoms with Crippen LogP contribution in [0.15, 0.2) is 53.9 Å². The molecule has 1 N–H and O–H groups in total. The number of nitriles is 1. The normalized spacial score (nSPS) is 23.0. The maximum atomic E-state index is 14.0. The monoisotopic (exact) mass is 450 g/mol. The van der Waals surface area contributed by atoms with Gasteiger partial charge in [0, 0.05) is 30.0 Å². The van der Waals surface area contributed by atoms with Gasteiger partial charge in [-0.15, -0.1) is 11.3 Å². The molecule has 2 amide bonds. The quantitative estimate of drug-likeness (QED) is 0.748. The zero-order valence-corrected chi connectivity index (χ0v) is 18.4. The first-order chi connectivity index (χ1) is 15.4. The van der Waals surface area contributed by atoms with Crippen molar-refractivity contribution in [3.63, 3.8) is 0 Å². The number of thiazole rings is 1. The van der Waals surface area contributed by atoms with Gasteiger partial charge >= 0.3 is 0 Å². The maximum absolute atomic E-state index is 14.0. The van der Waals surface area contributed by atoms with Gasteiger partial charge in [0.25, 0.3) is 0 Å². The minimum Gasteiger partial charge on any atom is -0.342 e. The van der Waals surface area contributed by atoms with Gasteiger partial charge in [0.05, 0.1) is 23.1 Å². The summed E-state index contributed by atoms with van der Waals surface area (Å²) in [5.41, 5.74) is -0.00618. The number of halogens is 1. The Morgan fingerprint density at radius 1 is 1.28 bits per heavy atom. The Labute approximate surface area is 190 Å². The van der Waals surface area contributed by atoms with E-state index in [1.807, 2.05) is 0 Å². The molecule has 1 saturated heterocycles. The first-order valence-corrected chi connectivity index (χ1v) is 11.4. The highest BCUT2D eigenvalue weighted by Gasteiger charge is 2.43.